The van der Waals surface area contributed by atoms with Gasteiger partial charge in [-0.2, -0.15) is 0 Å². The lowest BCUT2D eigenvalue weighted by Crippen LogP contribution is -2.37. The summed E-state index contributed by atoms with van der Waals surface area (Å²) in [7, 11) is 0. The van der Waals surface area contributed by atoms with Gasteiger partial charge in [0.25, 0.3) is 11.8 Å². The van der Waals surface area contributed by atoms with Gasteiger partial charge in [0.05, 0.1) is 0 Å². The Labute approximate surface area is 180 Å². The molecule has 3 aromatic rings. The van der Waals surface area contributed by atoms with Gasteiger partial charge in [-0.3, -0.25) is 14.5 Å². The van der Waals surface area contributed by atoms with Crippen molar-refractivity contribution in [3.8, 4) is 0 Å². The van der Waals surface area contributed by atoms with E-state index in [9.17, 15) is 14.0 Å². The van der Waals surface area contributed by atoms with Crippen LogP contribution in [0.25, 0.3) is 0 Å². The fraction of sp³-hybridized carbons (Fsp3) is 0.200. The molecule has 0 saturated carbocycles. The van der Waals surface area contributed by atoms with Gasteiger partial charge in [0.15, 0.2) is 0 Å². The quantitative estimate of drug-likeness (QED) is 0.635. The molecule has 1 aliphatic rings. The van der Waals surface area contributed by atoms with Crippen LogP contribution in [0.3, 0.4) is 0 Å². The fourth-order valence-electron chi connectivity index (χ4n) is 3.75. The van der Waals surface area contributed by atoms with Crippen molar-refractivity contribution in [2.24, 2.45) is 0 Å². The second-order valence-corrected chi connectivity index (χ2v) is 7.72. The highest BCUT2D eigenvalue weighted by Crippen LogP contribution is 2.16. The smallest absolute Gasteiger partial charge is 0.255 e. The highest BCUT2D eigenvalue weighted by molar-refractivity contribution is 6.05. The lowest BCUT2D eigenvalue weighted by molar-refractivity contribution is 0.0936. The predicted molar refractivity (Wildman–Crippen MR) is 118 cm³/mol. The highest BCUT2D eigenvalue weighted by atomic mass is 19.1. The fourth-order valence-corrected chi connectivity index (χ4v) is 3.75. The molecule has 1 fully saturated rings. The van der Waals surface area contributed by atoms with E-state index in [4.69, 9.17) is 0 Å². The molecule has 1 heterocycles. The molecule has 1 atom stereocenters. The Bertz CT molecular complexity index is 1050. The Kier molecular flexibility index (Phi) is 6.38. The average Bonchev–Trinajstić information content (AvgIpc) is 3.21. The van der Waals surface area contributed by atoms with Crippen LogP contribution < -0.4 is 10.6 Å². The zero-order valence-corrected chi connectivity index (χ0v) is 17.1. The standard InChI is InChI=1S/C25H24FN3O2/c26-21-11-9-19(10-12-21)24(30)27-22-8-4-7-20(15-22)25(31)28-23-13-14-29(17-23)16-18-5-2-1-3-6-18/h1-12,15,23H,13-14,16-17H2,(H,27,30)(H,28,31). The number of amides is 2. The molecule has 0 radical (unpaired) electrons. The van der Waals surface area contributed by atoms with Gasteiger partial charge in [-0.1, -0.05) is 36.4 Å². The molecule has 31 heavy (non-hydrogen) atoms. The molecule has 1 saturated heterocycles. The lowest BCUT2D eigenvalue weighted by atomic mass is 10.1. The zero-order valence-electron chi connectivity index (χ0n) is 17.1. The summed E-state index contributed by atoms with van der Waals surface area (Å²) >= 11 is 0. The Hall–Kier alpha value is -3.51. The summed E-state index contributed by atoms with van der Waals surface area (Å²) in [5, 5.41) is 5.85. The first-order valence-electron chi connectivity index (χ1n) is 10.3. The van der Waals surface area contributed by atoms with Crippen LogP contribution in [0, 0.1) is 5.82 Å². The van der Waals surface area contributed by atoms with E-state index in [1.54, 1.807) is 24.3 Å². The maximum atomic E-state index is 13.0. The third kappa shape index (κ3) is 5.55. The molecule has 3 aromatic carbocycles. The number of likely N-dealkylation sites (tertiary alicyclic amines) is 1. The van der Waals surface area contributed by atoms with Crippen LogP contribution in [-0.2, 0) is 6.54 Å². The number of rotatable bonds is 6. The van der Waals surface area contributed by atoms with Gasteiger partial charge in [-0.25, -0.2) is 4.39 Å². The van der Waals surface area contributed by atoms with Crippen LogP contribution >= 0.6 is 0 Å². The lowest BCUT2D eigenvalue weighted by Gasteiger charge is -2.17. The van der Waals surface area contributed by atoms with Gasteiger partial charge in [-0.15, -0.1) is 0 Å². The topological polar surface area (TPSA) is 61.4 Å². The van der Waals surface area contributed by atoms with E-state index in [1.807, 2.05) is 18.2 Å². The van der Waals surface area contributed by atoms with Crippen molar-refractivity contribution in [1.82, 2.24) is 10.2 Å². The molecule has 0 spiro atoms. The molecule has 1 unspecified atom stereocenters. The number of nitrogens with one attached hydrogen (secondary N) is 2. The summed E-state index contributed by atoms with van der Waals surface area (Å²) in [4.78, 5) is 27.4. The monoisotopic (exact) mass is 417 g/mol. The van der Waals surface area contributed by atoms with Gasteiger partial charge in [0.2, 0.25) is 0 Å². The molecule has 158 valence electrons. The van der Waals surface area contributed by atoms with E-state index in [0.717, 1.165) is 26.1 Å². The molecule has 5 nitrogen and oxygen atoms in total. The van der Waals surface area contributed by atoms with Gasteiger partial charge < -0.3 is 10.6 Å². The van der Waals surface area contributed by atoms with Gasteiger partial charge in [-0.05, 0) is 54.4 Å². The highest BCUT2D eigenvalue weighted by Gasteiger charge is 2.24. The minimum atomic E-state index is -0.399. The van der Waals surface area contributed by atoms with Crippen LogP contribution in [0.2, 0.25) is 0 Å². The Morgan fingerprint density at radius 1 is 0.903 bits per heavy atom. The van der Waals surface area contributed by atoms with Crippen molar-refractivity contribution in [3.05, 3.63) is 101 Å². The maximum absolute atomic E-state index is 13.0. The van der Waals surface area contributed by atoms with Crippen LogP contribution in [0.4, 0.5) is 10.1 Å². The third-order valence-electron chi connectivity index (χ3n) is 5.35. The summed E-state index contributed by atoms with van der Waals surface area (Å²) in [5.41, 5.74) is 2.61. The van der Waals surface area contributed by atoms with Crippen molar-refractivity contribution >= 4 is 17.5 Å². The number of carbonyl (C=O) groups is 2. The summed E-state index contributed by atoms with van der Waals surface area (Å²) in [6.45, 7) is 2.62. The number of nitrogens with zero attached hydrogens (tertiary/aromatic N) is 1. The van der Waals surface area contributed by atoms with Crippen LogP contribution in [-0.4, -0.2) is 35.8 Å². The second kappa shape index (κ2) is 9.53. The van der Waals surface area contributed by atoms with Crippen molar-refractivity contribution < 1.29 is 14.0 Å². The second-order valence-electron chi connectivity index (χ2n) is 7.72. The van der Waals surface area contributed by atoms with Crippen molar-refractivity contribution in [2.45, 2.75) is 19.0 Å². The van der Waals surface area contributed by atoms with Crippen molar-refractivity contribution in [1.29, 1.82) is 0 Å². The van der Waals surface area contributed by atoms with Crippen LogP contribution in [0.15, 0.2) is 78.9 Å². The Balaban J connectivity index is 1.33. The molecule has 0 aromatic heterocycles. The van der Waals surface area contributed by atoms with E-state index < -0.39 is 5.82 Å². The first kappa shape index (κ1) is 20.8. The number of carbonyl (C=O) groups excluding carboxylic acids is 2. The average molecular weight is 417 g/mol. The van der Waals surface area contributed by atoms with Crippen LogP contribution in [0.5, 0.6) is 0 Å². The van der Waals surface area contributed by atoms with Gasteiger partial charge >= 0.3 is 0 Å². The number of hydrogen-bond acceptors (Lipinski definition) is 3. The Morgan fingerprint density at radius 2 is 1.68 bits per heavy atom. The summed E-state index contributed by atoms with van der Waals surface area (Å²) < 4.78 is 13.0. The number of halogens is 1. The minimum absolute atomic E-state index is 0.0914. The molecular formula is C25H24FN3O2. The summed E-state index contributed by atoms with van der Waals surface area (Å²) in [5.74, 6) is -0.918. The molecule has 2 amide bonds. The molecule has 0 aliphatic carbocycles. The zero-order chi connectivity index (χ0) is 21.6. The van der Waals surface area contributed by atoms with E-state index in [2.05, 4.69) is 27.7 Å². The van der Waals surface area contributed by atoms with Crippen molar-refractivity contribution in [3.63, 3.8) is 0 Å². The normalized spacial score (nSPS) is 16.1. The van der Waals surface area contributed by atoms with Gasteiger partial charge in [0.1, 0.15) is 5.82 Å². The predicted octanol–water partition coefficient (Wildman–Crippen LogP) is 4.08. The molecule has 4 rings (SSSR count). The number of benzene rings is 3. The first-order valence-corrected chi connectivity index (χ1v) is 10.3. The molecule has 1 aliphatic heterocycles. The Morgan fingerprint density at radius 3 is 2.45 bits per heavy atom. The van der Waals surface area contributed by atoms with E-state index in [1.165, 1.54) is 29.8 Å². The maximum Gasteiger partial charge on any atom is 0.255 e. The molecule has 6 heteroatoms. The number of hydrogen-bond donors (Lipinski definition) is 2. The van der Waals surface area contributed by atoms with Gasteiger partial charge in [0, 0.05) is 42.5 Å². The number of anilines is 1. The summed E-state index contributed by atoms with van der Waals surface area (Å²) in [6.07, 6.45) is 0.902. The third-order valence-corrected chi connectivity index (χ3v) is 5.35. The SMILES string of the molecule is O=C(Nc1cccc(C(=O)NC2CCN(Cc3ccccc3)C2)c1)c1ccc(F)cc1. The van der Waals surface area contributed by atoms with E-state index in [-0.39, 0.29) is 17.9 Å². The first-order chi connectivity index (χ1) is 15.1. The molecule has 2 N–H and O–H groups in total. The minimum Gasteiger partial charge on any atom is -0.348 e. The van der Waals surface area contributed by atoms with E-state index in [0.29, 0.717) is 16.8 Å². The largest absolute Gasteiger partial charge is 0.348 e. The van der Waals surface area contributed by atoms with Crippen LogP contribution in [0.1, 0.15) is 32.7 Å². The molecule has 0 bridgehead atoms. The summed E-state index contributed by atoms with van der Waals surface area (Å²) in [6, 6.07) is 22.5. The van der Waals surface area contributed by atoms with E-state index >= 15 is 0 Å². The van der Waals surface area contributed by atoms with Crippen molar-refractivity contribution in [2.75, 3.05) is 18.4 Å². The molecular weight excluding hydrogens is 393 g/mol.